The van der Waals surface area contributed by atoms with E-state index in [2.05, 4.69) is 13.8 Å². The molecular formula is C12H26O2. The first-order valence-corrected chi connectivity index (χ1v) is 5.94. The molecule has 0 aliphatic heterocycles. The summed E-state index contributed by atoms with van der Waals surface area (Å²) in [6.07, 6.45) is 5.12. The maximum atomic E-state index is 9.19. The minimum absolute atomic E-state index is 0.179. The van der Waals surface area contributed by atoms with Gasteiger partial charge in [0.25, 0.3) is 0 Å². The lowest BCUT2D eigenvalue weighted by molar-refractivity contribution is 0.147. The lowest BCUT2D eigenvalue weighted by Crippen LogP contribution is -2.17. The van der Waals surface area contributed by atoms with Crippen LogP contribution < -0.4 is 0 Å². The van der Waals surface area contributed by atoms with Crippen LogP contribution in [0.2, 0.25) is 0 Å². The van der Waals surface area contributed by atoms with E-state index in [0.29, 0.717) is 18.4 Å². The number of rotatable bonds is 8. The molecule has 2 N–H and O–H groups in total. The standard InChI is InChI=1S/C12H26O2/c1-4-11(12(5-2)9-13)8-6-7-10(3)14/h10-14H,4-9H2,1-3H3. The SMILES string of the molecule is CCC(CO)C(CC)CCCC(C)O. The first-order chi connectivity index (χ1) is 6.65. The van der Waals surface area contributed by atoms with Crippen molar-refractivity contribution in [2.45, 2.75) is 59.0 Å². The largest absolute Gasteiger partial charge is 0.396 e. The molecule has 3 atom stereocenters. The summed E-state index contributed by atoms with van der Waals surface area (Å²) in [6.45, 7) is 6.47. The highest BCUT2D eigenvalue weighted by Gasteiger charge is 2.17. The molecule has 0 rings (SSSR count). The van der Waals surface area contributed by atoms with Crippen LogP contribution in [-0.2, 0) is 0 Å². The highest BCUT2D eigenvalue weighted by atomic mass is 16.3. The maximum Gasteiger partial charge on any atom is 0.0512 e. The fraction of sp³-hybridized carbons (Fsp3) is 1.00. The Kier molecular flexibility index (Phi) is 8.20. The van der Waals surface area contributed by atoms with Crippen LogP contribution in [-0.4, -0.2) is 22.9 Å². The van der Waals surface area contributed by atoms with Crippen LogP contribution in [0.1, 0.15) is 52.9 Å². The Morgan fingerprint density at radius 1 is 1.00 bits per heavy atom. The van der Waals surface area contributed by atoms with Gasteiger partial charge in [-0.2, -0.15) is 0 Å². The van der Waals surface area contributed by atoms with Crippen LogP contribution in [0, 0.1) is 11.8 Å². The Morgan fingerprint density at radius 3 is 1.93 bits per heavy atom. The molecule has 0 aromatic carbocycles. The van der Waals surface area contributed by atoms with Crippen LogP contribution in [0.5, 0.6) is 0 Å². The minimum Gasteiger partial charge on any atom is -0.396 e. The van der Waals surface area contributed by atoms with Crippen molar-refractivity contribution in [3.05, 3.63) is 0 Å². The second kappa shape index (κ2) is 8.25. The van der Waals surface area contributed by atoms with Crippen molar-refractivity contribution in [2.24, 2.45) is 11.8 Å². The Labute approximate surface area is 88.3 Å². The van der Waals surface area contributed by atoms with E-state index >= 15 is 0 Å². The Balaban J connectivity index is 3.77. The van der Waals surface area contributed by atoms with Gasteiger partial charge < -0.3 is 10.2 Å². The maximum absolute atomic E-state index is 9.19. The first kappa shape index (κ1) is 13.9. The summed E-state index contributed by atoms with van der Waals surface area (Å²) in [5.74, 6) is 1.08. The van der Waals surface area contributed by atoms with Gasteiger partial charge in [-0.05, 0) is 25.2 Å². The van der Waals surface area contributed by atoms with Crippen molar-refractivity contribution in [2.75, 3.05) is 6.61 Å². The van der Waals surface area contributed by atoms with Crippen molar-refractivity contribution < 1.29 is 10.2 Å². The summed E-state index contributed by atoms with van der Waals surface area (Å²) < 4.78 is 0. The van der Waals surface area contributed by atoms with Gasteiger partial charge in [0.2, 0.25) is 0 Å². The molecule has 0 fully saturated rings. The molecular weight excluding hydrogens is 176 g/mol. The van der Waals surface area contributed by atoms with Gasteiger partial charge in [-0.25, -0.2) is 0 Å². The van der Waals surface area contributed by atoms with E-state index in [4.69, 9.17) is 5.11 Å². The van der Waals surface area contributed by atoms with Gasteiger partial charge >= 0.3 is 0 Å². The Bertz CT molecular complexity index is 119. The van der Waals surface area contributed by atoms with E-state index in [1.54, 1.807) is 0 Å². The highest BCUT2D eigenvalue weighted by Crippen LogP contribution is 2.24. The molecule has 0 bridgehead atoms. The van der Waals surface area contributed by atoms with Gasteiger partial charge in [0, 0.05) is 6.61 Å². The molecule has 14 heavy (non-hydrogen) atoms. The first-order valence-electron chi connectivity index (χ1n) is 5.94. The summed E-state index contributed by atoms with van der Waals surface area (Å²) in [5, 5.41) is 18.3. The fourth-order valence-corrected chi connectivity index (χ4v) is 2.06. The van der Waals surface area contributed by atoms with Crippen molar-refractivity contribution in [1.29, 1.82) is 0 Å². The Morgan fingerprint density at radius 2 is 1.57 bits per heavy atom. The molecule has 0 aliphatic rings. The molecule has 0 aliphatic carbocycles. The summed E-state index contributed by atoms with van der Waals surface area (Å²) in [7, 11) is 0. The quantitative estimate of drug-likeness (QED) is 0.635. The summed E-state index contributed by atoms with van der Waals surface area (Å²) in [5.41, 5.74) is 0. The smallest absolute Gasteiger partial charge is 0.0512 e. The predicted octanol–water partition coefficient (Wildman–Crippen LogP) is 2.58. The molecule has 2 nitrogen and oxygen atoms in total. The summed E-state index contributed by atoms with van der Waals surface area (Å²) in [6, 6.07) is 0. The molecule has 0 heterocycles. The average Bonchev–Trinajstić information content (AvgIpc) is 2.16. The van der Waals surface area contributed by atoms with E-state index in [1.807, 2.05) is 6.92 Å². The van der Waals surface area contributed by atoms with Crippen LogP contribution in [0.3, 0.4) is 0 Å². The van der Waals surface area contributed by atoms with Gasteiger partial charge in [-0.15, -0.1) is 0 Å². The Hall–Kier alpha value is -0.0800. The van der Waals surface area contributed by atoms with E-state index < -0.39 is 0 Å². The van der Waals surface area contributed by atoms with E-state index in [1.165, 1.54) is 0 Å². The van der Waals surface area contributed by atoms with Crippen molar-refractivity contribution in [3.8, 4) is 0 Å². The molecule has 0 aromatic heterocycles. The highest BCUT2D eigenvalue weighted by molar-refractivity contribution is 4.67. The van der Waals surface area contributed by atoms with Gasteiger partial charge in [0.15, 0.2) is 0 Å². The van der Waals surface area contributed by atoms with Crippen LogP contribution in [0.15, 0.2) is 0 Å². The monoisotopic (exact) mass is 202 g/mol. The molecule has 0 aromatic rings. The average molecular weight is 202 g/mol. The zero-order valence-electron chi connectivity index (χ0n) is 9.87. The van der Waals surface area contributed by atoms with Crippen LogP contribution in [0.4, 0.5) is 0 Å². The molecule has 0 saturated carbocycles. The molecule has 3 unspecified atom stereocenters. The van der Waals surface area contributed by atoms with E-state index in [-0.39, 0.29) is 6.10 Å². The molecule has 0 radical (unpaired) electrons. The molecule has 0 spiro atoms. The van der Waals surface area contributed by atoms with Crippen LogP contribution in [0.25, 0.3) is 0 Å². The predicted molar refractivity (Wildman–Crippen MR) is 60.2 cm³/mol. The van der Waals surface area contributed by atoms with Gasteiger partial charge in [-0.1, -0.05) is 39.5 Å². The zero-order chi connectivity index (χ0) is 11.0. The number of hydrogen-bond donors (Lipinski definition) is 2. The molecule has 86 valence electrons. The third kappa shape index (κ3) is 5.61. The molecule has 2 heteroatoms. The summed E-state index contributed by atoms with van der Waals surface area (Å²) in [4.78, 5) is 0. The van der Waals surface area contributed by atoms with E-state index in [9.17, 15) is 5.11 Å². The van der Waals surface area contributed by atoms with Crippen molar-refractivity contribution in [1.82, 2.24) is 0 Å². The van der Waals surface area contributed by atoms with Crippen molar-refractivity contribution >= 4 is 0 Å². The van der Waals surface area contributed by atoms with Crippen LogP contribution >= 0.6 is 0 Å². The molecule has 0 saturated heterocycles. The number of aliphatic hydroxyl groups excluding tert-OH is 2. The van der Waals surface area contributed by atoms with E-state index in [0.717, 1.165) is 32.1 Å². The normalized spacial score (nSPS) is 17.8. The fourth-order valence-electron chi connectivity index (χ4n) is 2.06. The lowest BCUT2D eigenvalue weighted by atomic mass is 9.84. The molecule has 0 amide bonds. The summed E-state index contributed by atoms with van der Waals surface area (Å²) >= 11 is 0. The topological polar surface area (TPSA) is 40.5 Å². The van der Waals surface area contributed by atoms with Gasteiger partial charge in [0.1, 0.15) is 0 Å². The number of hydrogen-bond acceptors (Lipinski definition) is 2. The third-order valence-corrected chi connectivity index (χ3v) is 3.15. The zero-order valence-corrected chi connectivity index (χ0v) is 9.87. The second-order valence-corrected chi connectivity index (χ2v) is 4.30. The van der Waals surface area contributed by atoms with Gasteiger partial charge in [-0.3, -0.25) is 0 Å². The number of aliphatic hydroxyl groups is 2. The third-order valence-electron chi connectivity index (χ3n) is 3.15. The van der Waals surface area contributed by atoms with Crippen molar-refractivity contribution in [3.63, 3.8) is 0 Å². The van der Waals surface area contributed by atoms with Gasteiger partial charge in [0.05, 0.1) is 6.10 Å². The lowest BCUT2D eigenvalue weighted by Gasteiger charge is -2.23. The minimum atomic E-state index is -0.179. The second-order valence-electron chi connectivity index (χ2n) is 4.30.